The molecule has 0 unspecified atom stereocenters. The fraction of sp³-hybridized carbons (Fsp3) is 0.375. The SMILES string of the molecule is CC(C)c1nc(CCOC(N)=O)n(C)c1Sc1cccc(F)c1. The number of aromatic nitrogens is 2. The number of halogens is 1. The van der Waals surface area contributed by atoms with Crippen LogP contribution in [0.5, 0.6) is 0 Å². The summed E-state index contributed by atoms with van der Waals surface area (Å²) in [5, 5.41) is 0.958. The average Bonchev–Trinajstić information content (AvgIpc) is 2.76. The molecule has 1 aromatic heterocycles. The normalized spacial score (nSPS) is 11.0. The van der Waals surface area contributed by atoms with Gasteiger partial charge >= 0.3 is 6.09 Å². The number of primary amides is 1. The fourth-order valence-electron chi connectivity index (χ4n) is 2.16. The van der Waals surface area contributed by atoms with Crippen molar-refractivity contribution in [3.05, 3.63) is 41.6 Å². The Morgan fingerprint density at radius 2 is 2.22 bits per heavy atom. The van der Waals surface area contributed by atoms with Crippen LogP contribution >= 0.6 is 11.8 Å². The third-order valence-corrected chi connectivity index (χ3v) is 4.45. The predicted octanol–water partition coefficient (Wildman–Crippen LogP) is 3.47. The Morgan fingerprint density at radius 3 is 2.83 bits per heavy atom. The molecular formula is C16H20FN3O2S. The van der Waals surface area contributed by atoms with E-state index in [0.29, 0.717) is 6.42 Å². The molecular weight excluding hydrogens is 317 g/mol. The topological polar surface area (TPSA) is 70.1 Å². The summed E-state index contributed by atoms with van der Waals surface area (Å²) in [4.78, 5) is 16.1. The number of carbonyl (C=O) groups is 1. The standard InChI is InChI=1S/C16H20FN3O2S/c1-10(2)14-15(23-12-6-4-5-11(17)9-12)20(3)13(19-14)7-8-22-16(18)21/h4-6,9-10H,7-8H2,1-3H3,(H2,18,21). The molecule has 2 aromatic rings. The summed E-state index contributed by atoms with van der Waals surface area (Å²) in [7, 11) is 1.90. The van der Waals surface area contributed by atoms with Gasteiger partial charge in [-0.1, -0.05) is 31.7 Å². The van der Waals surface area contributed by atoms with Gasteiger partial charge in [-0.15, -0.1) is 0 Å². The molecule has 124 valence electrons. The first-order valence-electron chi connectivity index (χ1n) is 7.29. The zero-order chi connectivity index (χ0) is 17.0. The number of rotatable bonds is 6. The van der Waals surface area contributed by atoms with E-state index in [9.17, 15) is 9.18 Å². The van der Waals surface area contributed by atoms with Crippen LogP contribution in [0.4, 0.5) is 9.18 Å². The first-order chi connectivity index (χ1) is 10.9. The lowest BCUT2D eigenvalue weighted by Crippen LogP contribution is -2.15. The number of nitrogens with two attached hydrogens (primary N) is 1. The highest BCUT2D eigenvalue weighted by Crippen LogP contribution is 2.34. The van der Waals surface area contributed by atoms with Crippen molar-refractivity contribution in [3.63, 3.8) is 0 Å². The largest absolute Gasteiger partial charge is 0.449 e. The van der Waals surface area contributed by atoms with Gasteiger partial charge in [0.1, 0.15) is 23.3 Å². The summed E-state index contributed by atoms with van der Waals surface area (Å²) in [6.07, 6.45) is -0.319. The van der Waals surface area contributed by atoms with Crippen LogP contribution in [0.3, 0.4) is 0 Å². The van der Waals surface area contributed by atoms with Gasteiger partial charge in [0.25, 0.3) is 0 Å². The van der Waals surface area contributed by atoms with Crippen LogP contribution in [0.25, 0.3) is 0 Å². The second-order valence-electron chi connectivity index (χ2n) is 5.41. The van der Waals surface area contributed by atoms with Gasteiger partial charge in [0.15, 0.2) is 0 Å². The molecule has 1 amide bonds. The molecule has 2 rings (SSSR count). The van der Waals surface area contributed by atoms with Gasteiger partial charge in [-0.25, -0.2) is 14.2 Å². The van der Waals surface area contributed by atoms with Crippen molar-refractivity contribution in [1.29, 1.82) is 0 Å². The molecule has 0 aliphatic heterocycles. The molecule has 7 heteroatoms. The third kappa shape index (κ3) is 4.48. The number of hydrogen-bond donors (Lipinski definition) is 1. The van der Waals surface area contributed by atoms with E-state index in [4.69, 9.17) is 10.5 Å². The van der Waals surface area contributed by atoms with Gasteiger partial charge in [0, 0.05) is 18.4 Å². The van der Waals surface area contributed by atoms with Gasteiger partial charge < -0.3 is 15.0 Å². The molecule has 0 saturated heterocycles. The van der Waals surface area contributed by atoms with E-state index in [0.717, 1.165) is 21.4 Å². The Kier molecular flexibility index (Phi) is 5.65. The summed E-state index contributed by atoms with van der Waals surface area (Å²) in [6, 6.07) is 6.46. The molecule has 23 heavy (non-hydrogen) atoms. The molecule has 0 aliphatic rings. The van der Waals surface area contributed by atoms with Crippen LogP contribution in [0.1, 0.15) is 31.3 Å². The van der Waals surface area contributed by atoms with Crippen LogP contribution < -0.4 is 5.73 Å². The van der Waals surface area contributed by atoms with E-state index >= 15 is 0 Å². The Hall–Kier alpha value is -2.02. The number of amides is 1. The average molecular weight is 337 g/mol. The fourth-order valence-corrected chi connectivity index (χ4v) is 3.33. The predicted molar refractivity (Wildman–Crippen MR) is 87.1 cm³/mol. The Labute approximate surface area is 139 Å². The minimum atomic E-state index is -0.794. The molecule has 2 N–H and O–H groups in total. The van der Waals surface area contributed by atoms with Crippen LogP contribution in [0.2, 0.25) is 0 Å². The third-order valence-electron chi connectivity index (χ3n) is 3.29. The van der Waals surface area contributed by atoms with Crippen molar-refractivity contribution in [3.8, 4) is 0 Å². The first kappa shape index (κ1) is 17.3. The van der Waals surface area contributed by atoms with Crippen LogP contribution in [-0.2, 0) is 18.2 Å². The Morgan fingerprint density at radius 1 is 1.48 bits per heavy atom. The van der Waals surface area contributed by atoms with E-state index < -0.39 is 6.09 Å². The lowest BCUT2D eigenvalue weighted by atomic mass is 10.1. The van der Waals surface area contributed by atoms with Crippen LogP contribution in [-0.4, -0.2) is 22.3 Å². The molecule has 0 saturated carbocycles. The van der Waals surface area contributed by atoms with E-state index in [1.54, 1.807) is 6.07 Å². The number of hydrogen-bond acceptors (Lipinski definition) is 4. The van der Waals surface area contributed by atoms with Gasteiger partial charge in [-0.2, -0.15) is 0 Å². The zero-order valence-electron chi connectivity index (χ0n) is 13.4. The second-order valence-corrected chi connectivity index (χ2v) is 6.47. The summed E-state index contributed by atoms with van der Waals surface area (Å²) >= 11 is 1.47. The Bertz CT molecular complexity index is 701. The lowest BCUT2D eigenvalue weighted by molar-refractivity contribution is 0.157. The van der Waals surface area contributed by atoms with Crippen molar-refractivity contribution in [1.82, 2.24) is 9.55 Å². The molecule has 0 bridgehead atoms. The number of ether oxygens (including phenoxy) is 1. The van der Waals surface area contributed by atoms with Crippen LogP contribution in [0, 0.1) is 5.82 Å². The lowest BCUT2D eigenvalue weighted by Gasteiger charge is -2.09. The van der Waals surface area contributed by atoms with E-state index in [-0.39, 0.29) is 18.3 Å². The molecule has 5 nitrogen and oxygen atoms in total. The van der Waals surface area contributed by atoms with Gasteiger partial charge in [-0.05, 0) is 24.1 Å². The maximum absolute atomic E-state index is 13.4. The molecule has 0 fully saturated rings. The smallest absolute Gasteiger partial charge is 0.404 e. The van der Waals surface area contributed by atoms with Crippen molar-refractivity contribution in [2.45, 2.75) is 36.1 Å². The quantitative estimate of drug-likeness (QED) is 0.876. The highest BCUT2D eigenvalue weighted by molar-refractivity contribution is 7.99. The summed E-state index contributed by atoms with van der Waals surface area (Å²) < 4.78 is 20.1. The van der Waals surface area contributed by atoms with Crippen molar-refractivity contribution in [2.24, 2.45) is 12.8 Å². The number of nitrogens with zero attached hydrogens (tertiary/aromatic N) is 2. The molecule has 0 radical (unpaired) electrons. The highest BCUT2D eigenvalue weighted by Gasteiger charge is 2.18. The summed E-state index contributed by atoms with van der Waals surface area (Å²) in [6.45, 7) is 4.30. The van der Waals surface area contributed by atoms with Gasteiger partial charge in [-0.3, -0.25) is 0 Å². The Balaban J connectivity index is 2.26. The number of benzene rings is 1. The second kappa shape index (κ2) is 7.50. The first-order valence-corrected chi connectivity index (χ1v) is 8.11. The zero-order valence-corrected chi connectivity index (χ0v) is 14.2. The molecule has 1 heterocycles. The monoisotopic (exact) mass is 337 g/mol. The van der Waals surface area contributed by atoms with E-state index in [1.165, 1.54) is 23.9 Å². The molecule has 0 atom stereocenters. The van der Waals surface area contributed by atoms with Gasteiger partial charge in [0.2, 0.25) is 0 Å². The minimum absolute atomic E-state index is 0.182. The molecule has 0 spiro atoms. The van der Waals surface area contributed by atoms with E-state index in [1.807, 2.05) is 17.7 Å². The summed E-state index contributed by atoms with van der Waals surface area (Å²) in [5.41, 5.74) is 5.91. The maximum atomic E-state index is 13.4. The van der Waals surface area contributed by atoms with Crippen LogP contribution in [0.15, 0.2) is 34.2 Å². The van der Waals surface area contributed by atoms with Crippen molar-refractivity contribution < 1.29 is 13.9 Å². The minimum Gasteiger partial charge on any atom is -0.449 e. The van der Waals surface area contributed by atoms with Crippen molar-refractivity contribution in [2.75, 3.05) is 6.61 Å². The van der Waals surface area contributed by atoms with Crippen molar-refractivity contribution >= 4 is 17.9 Å². The molecule has 0 aliphatic carbocycles. The van der Waals surface area contributed by atoms with Gasteiger partial charge in [0.05, 0.1) is 5.69 Å². The number of carbonyl (C=O) groups excluding carboxylic acids is 1. The summed E-state index contributed by atoms with van der Waals surface area (Å²) in [5.74, 6) is 0.760. The number of imidazole rings is 1. The maximum Gasteiger partial charge on any atom is 0.404 e. The van der Waals surface area contributed by atoms with E-state index in [2.05, 4.69) is 18.8 Å². The molecule has 1 aromatic carbocycles. The highest BCUT2D eigenvalue weighted by atomic mass is 32.2.